The summed E-state index contributed by atoms with van der Waals surface area (Å²) in [5.41, 5.74) is 0. The molecule has 0 spiro atoms. The van der Waals surface area contributed by atoms with Crippen LogP contribution in [0.4, 0.5) is 0 Å². The molecule has 1 nitrogen and oxygen atoms in total. The molecule has 1 aliphatic rings. The van der Waals surface area contributed by atoms with Gasteiger partial charge in [0.2, 0.25) is 0 Å². The third-order valence-electron chi connectivity index (χ3n) is 3.40. The molecule has 0 saturated carbocycles. The zero-order valence-corrected chi connectivity index (χ0v) is 10.1. The van der Waals surface area contributed by atoms with E-state index in [-0.39, 0.29) is 0 Å². The Bertz CT molecular complexity index is 127. The Kier molecular flexibility index (Phi) is 6.25. The molecule has 1 atom stereocenters. The standard InChI is InChI=1S/C13H27N/c1-3-8-13(2)9-7-12-14-10-5-4-6-11-14/h13H,3-12H2,1-2H3. The van der Waals surface area contributed by atoms with Crippen LogP contribution in [0.2, 0.25) is 0 Å². The maximum absolute atomic E-state index is 2.65. The third kappa shape index (κ3) is 4.99. The van der Waals surface area contributed by atoms with E-state index in [2.05, 4.69) is 18.7 Å². The van der Waals surface area contributed by atoms with Crippen LogP contribution < -0.4 is 0 Å². The van der Waals surface area contributed by atoms with Crippen molar-refractivity contribution in [2.24, 2.45) is 5.92 Å². The Hall–Kier alpha value is -0.0400. The average molecular weight is 197 g/mol. The predicted molar refractivity (Wildman–Crippen MR) is 63.6 cm³/mol. The molecular formula is C13H27N. The van der Waals surface area contributed by atoms with Gasteiger partial charge < -0.3 is 4.90 Å². The second-order valence-electron chi connectivity index (χ2n) is 4.94. The number of hydrogen-bond donors (Lipinski definition) is 0. The zero-order valence-electron chi connectivity index (χ0n) is 10.1. The molecule has 0 bridgehead atoms. The summed E-state index contributed by atoms with van der Waals surface area (Å²) >= 11 is 0. The monoisotopic (exact) mass is 197 g/mol. The molecule has 14 heavy (non-hydrogen) atoms. The molecule has 0 amide bonds. The van der Waals surface area contributed by atoms with Crippen LogP contribution in [0.1, 0.15) is 58.8 Å². The van der Waals surface area contributed by atoms with Gasteiger partial charge in [0.05, 0.1) is 0 Å². The fourth-order valence-corrected chi connectivity index (χ4v) is 2.48. The van der Waals surface area contributed by atoms with Crippen LogP contribution in [0.15, 0.2) is 0 Å². The molecule has 1 fully saturated rings. The fourth-order valence-electron chi connectivity index (χ4n) is 2.48. The molecule has 1 saturated heterocycles. The van der Waals surface area contributed by atoms with E-state index in [0.717, 1.165) is 5.92 Å². The molecule has 0 aromatic heterocycles. The van der Waals surface area contributed by atoms with Crippen molar-refractivity contribution < 1.29 is 0 Å². The number of nitrogens with zero attached hydrogens (tertiary/aromatic N) is 1. The van der Waals surface area contributed by atoms with E-state index in [1.165, 1.54) is 64.6 Å². The summed E-state index contributed by atoms with van der Waals surface area (Å²) in [6.45, 7) is 8.78. The van der Waals surface area contributed by atoms with Crippen LogP contribution in [0.5, 0.6) is 0 Å². The van der Waals surface area contributed by atoms with Gasteiger partial charge in [-0.3, -0.25) is 0 Å². The maximum atomic E-state index is 2.65. The summed E-state index contributed by atoms with van der Waals surface area (Å²) in [5, 5.41) is 0. The van der Waals surface area contributed by atoms with E-state index in [0.29, 0.717) is 0 Å². The topological polar surface area (TPSA) is 3.24 Å². The van der Waals surface area contributed by atoms with Gasteiger partial charge in [0.1, 0.15) is 0 Å². The SMILES string of the molecule is CCCC(C)CCCN1CCCCC1. The first-order valence-electron chi connectivity index (χ1n) is 6.55. The molecule has 0 N–H and O–H groups in total. The van der Waals surface area contributed by atoms with Crippen molar-refractivity contribution >= 4 is 0 Å². The predicted octanol–water partition coefficient (Wildman–Crippen LogP) is 3.69. The van der Waals surface area contributed by atoms with Gasteiger partial charge >= 0.3 is 0 Å². The second kappa shape index (κ2) is 7.28. The van der Waals surface area contributed by atoms with E-state index in [1.54, 1.807) is 0 Å². The Morgan fingerprint density at radius 2 is 1.79 bits per heavy atom. The molecule has 84 valence electrons. The van der Waals surface area contributed by atoms with Crippen molar-refractivity contribution in [1.29, 1.82) is 0 Å². The van der Waals surface area contributed by atoms with Gasteiger partial charge in [-0.15, -0.1) is 0 Å². The molecule has 0 aromatic rings. The lowest BCUT2D eigenvalue weighted by Crippen LogP contribution is -2.30. The van der Waals surface area contributed by atoms with E-state index in [1.807, 2.05) is 0 Å². The van der Waals surface area contributed by atoms with Crippen LogP contribution in [-0.4, -0.2) is 24.5 Å². The third-order valence-corrected chi connectivity index (χ3v) is 3.40. The van der Waals surface area contributed by atoms with Gasteiger partial charge in [0.25, 0.3) is 0 Å². The van der Waals surface area contributed by atoms with E-state index < -0.39 is 0 Å². The second-order valence-corrected chi connectivity index (χ2v) is 4.94. The Morgan fingerprint density at radius 1 is 1.07 bits per heavy atom. The smallest absolute Gasteiger partial charge is 0.00186 e. The molecule has 1 unspecified atom stereocenters. The zero-order chi connectivity index (χ0) is 10.2. The molecular weight excluding hydrogens is 170 g/mol. The summed E-state index contributed by atoms with van der Waals surface area (Å²) in [4.78, 5) is 2.65. The first kappa shape index (κ1) is 12.0. The van der Waals surface area contributed by atoms with Crippen molar-refractivity contribution in [2.75, 3.05) is 19.6 Å². The summed E-state index contributed by atoms with van der Waals surface area (Å²) < 4.78 is 0. The van der Waals surface area contributed by atoms with Crippen molar-refractivity contribution in [2.45, 2.75) is 58.8 Å². The first-order chi connectivity index (χ1) is 6.83. The molecule has 1 aliphatic heterocycles. The number of hydrogen-bond acceptors (Lipinski definition) is 1. The quantitative estimate of drug-likeness (QED) is 0.628. The molecule has 0 aliphatic carbocycles. The van der Waals surface area contributed by atoms with Gasteiger partial charge in [0, 0.05) is 0 Å². The first-order valence-corrected chi connectivity index (χ1v) is 6.55. The van der Waals surface area contributed by atoms with Crippen LogP contribution in [0, 0.1) is 5.92 Å². The minimum absolute atomic E-state index is 0.949. The van der Waals surface area contributed by atoms with Gasteiger partial charge in [0.15, 0.2) is 0 Å². The fraction of sp³-hybridized carbons (Fsp3) is 1.00. The van der Waals surface area contributed by atoms with Crippen molar-refractivity contribution in [3.63, 3.8) is 0 Å². The highest BCUT2D eigenvalue weighted by molar-refractivity contribution is 4.65. The van der Waals surface area contributed by atoms with Gasteiger partial charge in [-0.2, -0.15) is 0 Å². The normalized spacial score (nSPS) is 21.0. The van der Waals surface area contributed by atoms with Crippen molar-refractivity contribution in [3.05, 3.63) is 0 Å². The van der Waals surface area contributed by atoms with Gasteiger partial charge in [-0.05, 0) is 51.2 Å². The maximum Gasteiger partial charge on any atom is -0.00186 e. The van der Waals surface area contributed by atoms with E-state index in [9.17, 15) is 0 Å². The Morgan fingerprint density at radius 3 is 2.43 bits per heavy atom. The van der Waals surface area contributed by atoms with Gasteiger partial charge in [-0.25, -0.2) is 0 Å². The van der Waals surface area contributed by atoms with E-state index >= 15 is 0 Å². The number of piperidine rings is 1. The lowest BCUT2D eigenvalue weighted by molar-refractivity contribution is 0.220. The molecule has 0 radical (unpaired) electrons. The molecule has 0 aromatic carbocycles. The Balaban J connectivity index is 1.96. The highest BCUT2D eigenvalue weighted by Gasteiger charge is 2.09. The summed E-state index contributed by atoms with van der Waals surface area (Å²) in [6, 6.07) is 0. The van der Waals surface area contributed by atoms with Crippen molar-refractivity contribution in [1.82, 2.24) is 4.90 Å². The molecule has 1 heterocycles. The van der Waals surface area contributed by atoms with Crippen molar-refractivity contribution in [3.8, 4) is 0 Å². The molecule has 1 heteroatoms. The van der Waals surface area contributed by atoms with E-state index in [4.69, 9.17) is 0 Å². The Labute approximate surface area is 89.9 Å². The highest BCUT2D eigenvalue weighted by Crippen LogP contribution is 2.14. The number of likely N-dealkylation sites (tertiary alicyclic amines) is 1. The molecule has 1 rings (SSSR count). The largest absolute Gasteiger partial charge is 0.303 e. The van der Waals surface area contributed by atoms with Gasteiger partial charge in [-0.1, -0.05) is 33.1 Å². The summed E-state index contributed by atoms with van der Waals surface area (Å²) in [6.07, 6.45) is 9.95. The minimum atomic E-state index is 0.949. The number of rotatable bonds is 6. The average Bonchev–Trinajstić information content (AvgIpc) is 2.20. The summed E-state index contributed by atoms with van der Waals surface area (Å²) in [7, 11) is 0. The lowest BCUT2D eigenvalue weighted by atomic mass is 10.00. The van der Waals surface area contributed by atoms with Crippen LogP contribution >= 0.6 is 0 Å². The van der Waals surface area contributed by atoms with Crippen LogP contribution in [0.25, 0.3) is 0 Å². The summed E-state index contributed by atoms with van der Waals surface area (Å²) in [5.74, 6) is 0.949. The van der Waals surface area contributed by atoms with Crippen LogP contribution in [0.3, 0.4) is 0 Å². The van der Waals surface area contributed by atoms with Crippen LogP contribution in [-0.2, 0) is 0 Å². The minimum Gasteiger partial charge on any atom is -0.303 e. The highest BCUT2D eigenvalue weighted by atomic mass is 15.1. The lowest BCUT2D eigenvalue weighted by Gasteiger charge is -2.26.